The summed E-state index contributed by atoms with van der Waals surface area (Å²) < 4.78 is 21.4. The second-order valence-electron chi connectivity index (χ2n) is 7.10. The first kappa shape index (κ1) is 16.2. The van der Waals surface area contributed by atoms with Gasteiger partial charge in [-0.25, -0.2) is 4.39 Å². The van der Waals surface area contributed by atoms with Crippen LogP contribution < -0.4 is 5.32 Å². The third-order valence-corrected chi connectivity index (χ3v) is 4.82. The molecule has 3 heterocycles. The van der Waals surface area contributed by atoms with Crippen LogP contribution in [0.3, 0.4) is 0 Å². The molecule has 132 valence electrons. The van der Waals surface area contributed by atoms with Crippen LogP contribution in [0.25, 0.3) is 16.9 Å². The Morgan fingerprint density at radius 1 is 1.36 bits per heavy atom. The van der Waals surface area contributed by atoms with Gasteiger partial charge in [0.05, 0.1) is 5.69 Å². The summed E-state index contributed by atoms with van der Waals surface area (Å²) in [4.78, 5) is 4.53. The zero-order valence-electron chi connectivity index (χ0n) is 14.7. The molecule has 1 saturated heterocycles. The SMILES string of the molecule is CC1CC(c2nc(-n3nc(C(C)C)c4cccc(F)c43)no2)CCN1. The molecule has 3 aromatic rings. The topological polar surface area (TPSA) is 68.8 Å². The standard InChI is InChI=1S/C18H22FN5O/c1-10(2)15-13-5-4-6-14(19)16(13)24(22-15)18-21-17(25-23-18)12-7-8-20-11(3)9-12/h4-6,10-12,20H,7-9H2,1-3H3. The highest BCUT2D eigenvalue weighted by Crippen LogP contribution is 2.30. The third kappa shape index (κ3) is 2.82. The van der Waals surface area contributed by atoms with Gasteiger partial charge in [0.25, 0.3) is 5.95 Å². The molecular weight excluding hydrogens is 321 g/mol. The summed E-state index contributed by atoms with van der Waals surface area (Å²) in [6.45, 7) is 7.15. The van der Waals surface area contributed by atoms with Gasteiger partial charge in [-0.15, -0.1) is 0 Å². The summed E-state index contributed by atoms with van der Waals surface area (Å²) in [7, 11) is 0. The molecule has 1 fully saturated rings. The zero-order chi connectivity index (χ0) is 17.6. The van der Waals surface area contributed by atoms with E-state index >= 15 is 0 Å². The Balaban J connectivity index is 1.78. The summed E-state index contributed by atoms with van der Waals surface area (Å²) in [5.41, 5.74) is 1.23. The molecule has 0 spiro atoms. The van der Waals surface area contributed by atoms with Crippen LogP contribution in [0.15, 0.2) is 22.7 Å². The molecular formula is C18H22FN5O. The van der Waals surface area contributed by atoms with Gasteiger partial charge in [0.2, 0.25) is 5.89 Å². The van der Waals surface area contributed by atoms with Crippen molar-refractivity contribution in [3.8, 4) is 5.95 Å². The van der Waals surface area contributed by atoms with Crippen LogP contribution in [0.4, 0.5) is 4.39 Å². The normalized spacial score (nSPS) is 21.3. The maximum absolute atomic E-state index is 14.5. The molecule has 1 aliphatic rings. The van der Waals surface area contributed by atoms with Gasteiger partial charge in [-0.05, 0) is 43.5 Å². The summed E-state index contributed by atoms with van der Waals surface area (Å²) in [6.07, 6.45) is 1.91. The molecule has 0 radical (unpaired) electrons. The van der Waals surface area contributed by atoms with Gasteiger partial charge in [0.1, 0.15) is 11.3 Å². The van der Waals surface area contributed by atoms with Crippen LogP contribution >= 0.6 is 0 Å². The van der Waals surface area contributed by atoms with E-state index in [0.29, 0.717) is 23.4 Å². The number of hydrogen-bond acceptors (Lipinski definition) is 5. The van der Waals surface area contributed by atoms with Crippen LogP contribution in [-0.4, -0.2) is 32.5 Å². The molecule has 6 nitrogen and oxygen atoms in total. The summed E-state index contributed by atoms with van der Waals surface area (Å²) in [5, 5.41) is 12.8. The summed E-state index contributed by atoms with van der Waals surface area (Å²) in [5.74, 6) is 0.965. The highest BCUT2D eigenvalue weighted by molar-refractivity contribution is 5.84. The van der Waals surface area contributed by atoms with Gasteiger partial charge in [0.15, 0.2) is 0 Å². The molecule has 0 saturated carbocycles. The number of hydrogen-bond donors (Lipinski definition) is 1. The molecule has 1 aliphatic heterocycles. The van der Waals surface area contributed by atoms with Crippen molar-refractivity contribution in [2.24, 2.45) is 0 Å². The van der Waals surface area contributed by atoms with Gasteiger partial charge in [0, 0.05) is 17.3 Å². The number of piperidine rings is 1. The number of halogens is 1. The van der Waals surface area contributed by atoms with Crippen LogP contribution in [0.5, 0.6) is 0 Å². The second-order valence-corrected chi connectivity index (χ2v) is 7.10. The first-order chi connectivity index (χ1) is 12.0. The molecule has 2 aromatic heterocycles. The van der Waals surface area contributed by atoms with Gasteiger partial charge >= 0.3 is 0 Å². The quantitative estimate of drug-likeness (QED) is 0.788. The first-order valence-electron chi connectivity index (χ1n) is 8.79. The van der Waals surface area contributed by atoms with Crippen molar-refractivity contribution in [1.29, 1.82) is 0 Å². The number of nitrogens with one attached hydrogen (secondary N) is 1. The predicted molar refractivity (Wildman–Crippen MR) is 92.4 cm³/mol. The van der Waals surface area contributed by atoms with E-state index in [9.17, 15) is 4.39 Å². The van der Waals surface area contributed by atoms with E-state index < -0.39 is 0 Å². The van der Waals surface area contributed by atoms with Crippen molar-refractivity contribution >= 4 is 10.9 Å². The number of fused-ring (bicyclic) bond motifs is 1. The van der Waals surface area contributed by atoms with E-state index in [-0.39, 0.29) is 17.7 Å². The number of rotatable bonds is 3. The van der Waals surface area contributed by atoms with E-state index in [4.69, 9.17) is 4.52 Å². The zero-order valence-corrected chi connectivity index (χ0v) is 14.7. The minimum absolute atomic E-state index is 0.169. The Bertz CT molecular complexity index is 900. The Labute approximate surface area is 145 Å². The molecule has 0 amide bonds. The minimum atomic E-state index is -0.335. The highest BCUT2D eigenvalue weighted by Gasteiger charge is 2.26. The minimum Gasteiger partial charge on any atom is -0.337 e. The molecule has 4 rings (SSSR count). The van der Waals surface area contributed by atoms with Gasteiger partial charge < -0.3 is 9.84 Å². The summed E-state index contributed by atoms with van der Waals surface area (Å²) in [6, 6.07) is 5.44. The Hall–Kier alpha value is -2.28. The fourth-order valence-corrected chi connectivity index (χ4v) is 3.56. The number of nitrogens with zero attached hydrogens (tertiary/aromatic N) is 4. The second kappa shape index (κ2) is 6.22. The molecule has 0 aliphatic carbocycles. The van der Waals surface area contributed by atoms with Crippen molar-refractivity contribution < 1.29 is 8.91 Å². The van der Waals surface area contributed by atoms with Crippen molar-refractivity contribution in [3.05, 3.63) is 35.6 Å². The third-order valence-electron chi connectivity index (χ3n) is 4.82. The maximum atomic E-state index is 14.5. The Kier molecular flexibility index (Phi) is 4.03. The van der Waals surface area contributed by atoms with E-state index in [1.54, 1.807) is 6.07 Å². The average Bonchev–Trinajstić information content (AvgIpc) is 3.20. The molecule has 1 aromatic carbocycles. The monoisotopic (exact) mass is 343 g/mol. The lowest BCUT2D eigenvalue weighted by Gasteiger charge is -2.25. The smallest absolute Gasteiger partial charge is 0.291 e. The van der Waals surface area contributed by atoms with E-state index in [2.05, 4.69) is 27.5 Å². The molecule has 0 bridgehead atoms. The van der Waals surface area contributed by atoms with Gasteiger partial charge in [-0.3, -0.25) is 0 Å². The van der Waals surface area contributed by atoms with Crippen molar-refractivity contribution in [3.63, 3.8) is 0 Å². The molecule has 25 heavy (non-hydrogen) atoms. The van der Waals surface area contributed by atoms with Crippen LogP contribution in [0.1, 0.15) is 57.0 Å². The lowest BCUT2D eigenvalue weighted by Crippen LogP contribution is -2.34. The largest absolute Gasteiger partial charge is 0.337 e. The van der Waals surface area contributed by atoms with Crippen molar-refractivity contribution in [2.45, 2.75) is 51.5 Å². The summed E-state index contributed by atoms with van der Waals surface area (Å²) >= 11 is 0. The van der Waals surface area contributed by atoms with E-state index in [0.717, 1.165) is 30.5 Å². The van der Waals surface area contributed by atoms with Crippen molar-refractivity contribution in [1.82, 2.24) is 25.2 Å². The van der Waals surface area contributed by atoms with Crippen molar-refractivity contribution in [2.75, 3.05) is 6.54 Å². The lowest BCUT2D eigenvalue weighted by atomic mass is 9.93. The fraction of sp³-hybridized carbons (Fsp3) is 0.500. The van der Waals surface area contributed by atoms with Crippen LogP contribution in [0, 0.1) is 5.82 Å². The number of aromatic nitrogens is 4. The Morgan fingerprint density at radius 2 is 2.20 bits per heavy atom. The molecule has 2 unspecified atom stereocenters. The molecule has 7 heteroatoms. The molecule has 2 atom stereocenters. The average molecular weight is 343 g/mol. The van der Waals surface area contributed by atoms with Crippen LogP contribution in [0.2, 0.25) is 0 Å². The van der Waals surface area contributed by atoms with Gasteiger partial charge in [-0.2, -0.15) is 14.8 Å². The first-order valence-corrected chi connectivity index (χ1v) is 8.79. The number of benzene rings is 1. The highest BCUT2D eigenvalue weighted by atomic mass is 19.1. The molecule has 1 N–H and O–H groups in total. The fourth-order valence-electron chi connectivity index (χ4n) is 3.56. The lowest BCUT2D eigenvalue weighted by molar-refractivity contribution is 0.295. The number of para-hydroxylation sites is 1. The Morgan fingerprint density at radius 3 is 2.96 bits per heavy atom. The van der Waals surface area contributed by atoms with E-state index in [1.165, 1.54) is 10.7 Å². The van der Waals surface area contributed by atoms with Crippen LogP contribution in [-0.2, 0) is 0 Å². The van der Waals surface area contributed by atoms with Gasteiger partial charge in [-0.1, -0.05) is 26.0 Å². The van der Waals surface area contributed by atoms with E-state index in [1.807, 2.05) is 19.9 Å². The predicted octanol–water partition coefficient (Wildman–Crippen LogP) is 3.53. The maximum Gasteiger partial charge on any atom is 0.291 e.